The highest BCUT2D eigenvalue weighted by molar-refractivity contribution is 7.44. The lowest BCUT2D eigenvalue weighted by molar-refractivity contribution is 0.0433. The van der Waals surface area contributed by atoms with Gasteiger partial charge < -0.3 is 9.84 Å². The van der Waals surface area contributed by atoms with Gasteiger partial charge in [0.2, 0.25) is 0 Å². The molecule has 0 aliphatic heterocycles. The molecule has 7 heteroatoms. The molecule has 5 nitrogen and oxygen atoms in total. The van der Waals surface area contributed by atoms with Gasteiger partial charge in [0.1, 0.15) is 12.0 Å². The Balaban J connectivity index is 2.64. The molecule has 0 unspecified atom stereocenters. The molecule has 0 radical (unpaired) electrons. The van der Waals surface area contributed by atoms with E-state index in [9.17, 15) is 13.9 Å². The highest BCUT2D eigenvalue weighted by atomic mass is 31.1. The third kappa shape index (κ3) is 4.61. The van der Waals surface area contributed by atoms with Crippen LogP contribution in [0.25, 0.3) is 0 Å². The van der Waals surface area contributed by atoms with Gasteiger partial charge in [-0.3, -0.25) is 9.13 Å². The molecule has 96 valence electrons. The number of ether oxygens (including phenoxy) is 1. The number of hydrogen-bond donors (Lipinski definition) is 1. The predicted octanol–water partition coefficient (Wildman–Crippen LogP) is 2.29. The first kappa shape index (κ1) is 14.9. The van der Waals surface area contributed by atoms with Crippen LogP contribution in [0.5, 0.6) is 0 Å². The van der Waals surface area contributed by atoms with Crippen LogP contribution in [0.3, 0.4) is 0 Å². The van der Waals surface area contributed by atoms with Crippen LogP contribution in [0.15, 0.2) is 24.3 Å². The van der Waals surface area contributed by atoms with Gasteiger partial charge in [0.25, 0.3) is 0 Å². The molecule has 0 spiro atoms. The maximum atomic E-state index is 11.4. The van der Waals surface area contributed by atoms with Crippen molar-refractivity contribution in [1.29, 1.82) is 0 Å². The monoisotopic (exact) mass is 286 g/mol. The summed E-state index contributed by atoms with van der Waals surface area (Å²) in [4.78, 5) is 11.4. The molecule has 0 saturated heterocycles. The molecule has 0 saturated carbocycles. The fourth-order valence-electron chi connectivity index (χ4n) is 1.30. The van der Waals surface area contributed by atoms with Crippen molar-refractivity contribution in [2.75, 3.05) is 13.2 Å². The van der Waals surface area contributed by atoms with Gasteiger partial charge in [0, 0.05) is 0 Å². The molecule has 0 fully saturated rings. The minimum Gasteiger partial charge on any atom is -0.460 e. The van der Waals surface area contributed by atoms with Crippen LogP contribution in [-0.2, 0) is 20.3 Å². The van der Waals surface area contributed by atoms with Crippen LogP contribution in [0.1, 0.15) is 15.9 Å². The zero-order chi connectivity index (χ0) is 13.4. The number of rotatable bonds is 7. The minimum absolute atomic E-state index is 0.0349. The van der Waals surface area contributed by atoms with Gasteiger partial charge in [-0.2, -0.15) is 0 Å². The van der Waals surface area contributed by atoms with Gasteiger partial charge in [-0.1, -0.05) is 12.1 Å². The average molecular weight is 286 g/mol. The number of carbonyl (C=O) groups excluding carboxylic acids is 1. The third-order valence-electron chi connectivity index (χ3n) is 2.18. The van der Waals surface area contributed by atoms with Crippen LogP contribution in [0.4, 0.5) is 0 Å². The first-order chi connectivity index (χ1) is 8.71. The number of hydrogen-bond acceptors (Lipinski definition) is 5. The van der Waals surface area contributed by atoms with E-state index in [1.165, 1.54) is 0 Å². The molecule has 0 atom stereocenters. The molecule has 1 N–H and O–H groups in total. The van der Waals surface area contributed by atoms with Gasteiger partial charge in [0.05, 0.1) is 12.2 Å². The average Bonchev–Trinajstić information content (AvgIpc) is 2.42. The van der Waals surface area contributed by atoms with Crippen LogP contribution in [0.2, 0.25) is 0 Å². The Morgan fingerprint density at radius 2 is 1.83 bits per heavy atom. The molecule has 1 rings (SSSR count). The van der Waals surface area contributed by atoms with Crippen molar-refractivity contribution in [3.63, 3.8) is 0 Å². The van der Waals surface area contributed by atoms with Gasteiger partial charge in [-0.25, -0.2) is 4.79 Å². The highest BCUT2D eigenvalue weighted by Gasteiger charge is 2.11. The van der Waals surface area contributed by atoms with E-state index in [4.69, 9.17) is 9.84 Å². The summed E-state index contributed by atoms with van der Waals surface area (Å²) < 4.78 is 26.0. The van der Waals surface area contributed by atoms with Crippen molar-refractivity contribution < 1.29 is 23.8 Å². The number of aliphatic hydroxyl groups is 1. The van der Waals surface area contributed by atoms with Crippen LogP contribution < -0.4 is 0 Å². The molecule has 1 aromatic carbocycles. The Morgan fingerprint density at radius 1 is 1.22 bits per heavy atom. The summed E-state index contributed by atoms with van der Waals surface area (Å²) in [5, 5.41) is 8.06. The Kier molecular flexibility index (Phi) is 6.66. The Labute approximate surface area is 108 Å². The molecule has 0 aromatic heterocycles. The second-order valence-electron chi connectivity index (χ2n) is 3.45. The van der Waals surface area contributed by atoms with Crippen molar-refractivity contribution in [2.45, 2.75) is 11.8 Å². The smallest absolute Gasteiger partial charge is 0.338 e. The van der Waals surface area contributed by atoms with E-state index in [1.54, 1.807) is 24.3 Å². The van der Waals surface area contributed by atoms with Crippen LogP contribution in [-0.4, -0.2) is 29.7 Å². The van der Waals surface area contributed by atoms with E-state index in [0.717, 1.165) is 5.56 Å². The molecule has 0 bridgehead atoms. The van der Waals surface area contributed by atoms with E-state index < -0.39 is 11.4 Å². The summed E-state index contributed by atoms with van der Waals surface area (Å²) in [5.41, 5.74) is 1.22. The van der Waals surface area contributed by atoms with Crippen molar-refractivity contribution >= 4 is 22.9 Å². The summed E-state index contributed by atoms with van der Waals surface area (Å²) in [6.07, 6.45) is 0.405. The van der Waals surface area contributed by atoms with Crippen molar-refractivity contribution in [3.05, 3.63) is 35.4 Å². The van der Waals surface area contributed by atoms with E-state index in [1.807, 2.05) is 0 Å². The zero-order valence-electron chi connectivity index (χ0n) is 9.48. The third-order valence-corrected chi connectivity index (χ3v) is 3.59. The molecule has 0 heterocycles. The van der Waals surface area contributed by atoms with E-state index in [-0.39, 0.29) is 30.1 Å². The Hall–Kier alpha value is -1.15. The van der Waals surface area contributed by atoms with Crippen molar-refractivity contribution in [3.8, 4) is 0 Å². The van der Waals surface area contributed by atoms with Crippen LogP contribution >= 0.6 is 16.9 Å². The summed E-state index contributed by atoms with van der Waals surface area (Å²) in [5.74, 6) is -0.504. The zero-order valence-corrected chi connectivity index (χ0v) is 11.3. The lowest BCUT2D eigenvalue weighted by atomic mass is 10.1. The molecule has 0 aliphatic carbocycles. The molecule has 1 aromatic rings. The number of esters is 1. The van der Waals surface area contributed by atoms with E-state index in [2.05, 4.69) is 0 Å². The van der Waals surface area contributed by atoms with Crippen molar-refractivity contribution in [1.82, 2.24) is 0 Å². The summed E-state index contributed by atoms with van der Waals surface area (Å²) in [7, 11) is -0.335. The number of benzene rings is 1. The number of aliphatic hydroxyl groups excluding tert-OH is 1. The molecule has 0 amide bonds. The maximum Gasteiger partial charge on any atom is 0.338 e. The lowest BCUT2D eigenvalue weighted by Gasteiger charge is -2.04. The quantitative estimate of drug-likeness (QED) is 0.614. The van der Waals surface area contributed by atoms with Gasteiger partial charge in [-0.15, -0.1) is 0 Å². The second-order valence-corrected chi connectivity index (χ2v) is 5.53. The summed E-state index contributed by atoms with van der Waals surface area (Å²) in [6.45, 7) is -0.247. The molecule has 18 heavy (non-hydrogen) atoms. The summed E-state index contributed by atoms with van der Waals surface area (Å²) in [6, 6.07) is 6.54. The standard InChI is InChI=1S/C11H12O5P2/c12-5-6-16-11(13)9-3-1-8(2-4-9)7-10(17-14)18-15/h1-4,10,12H,5-7H2. The lowest BCUT2D eigenvalue weighted by Crippen LogP contribution is -2.08. The fraction of sp³-hybridized carbons (Fsp3) is 0.364. The Bertz CT molecular complexity index is 410. The van der Waals surface area contributed by atoms with Crippen LogP contribution in [0, 0.1) is 0 Å². The number of carbonyl (C=O) groups is 1. The fourth-order valence-corrected chi connectivity index (χ4v) is 2.03. The highest BCUT2D eigenvalue weighted by Crippen LogP contribution is 2.23. The largest absolute Gasteiger partial charge is 0.460 e. The van der Waals surface area contributed by atoms with Gasteiger partial charge in [0.15, 0.2) is 16.9 Å². The first-order valence-corrected chi connectivity index (χ1v) is 6.99. The Morgan fingerprint density at radius 3 is 2.33 bits per heavy atom. The second kappa shape index (κ2) is 8.04. The summed E-state index contributed by atoms with van der Waals surface area (Å²) >= 11 is 0. The van der Waals surface area contributed by atoms with Gasteiger partial charge in [-0.05, 0) is 24.1 Å². The van der Waals surface area contributed by atoms with Crippen molar-refractivity contribution in [2.24, 2.45) is 0 Å². The topological polar surface area (TPSA) is 80.7 Å². The maximum absolute atomic E-state index is 11.4. The van der Waals surface area contributed by atoms with E-state index >= 15 is 0 Å². The van der Waals surface area contributed by atoms with Gasteiger partial charge >= 0.3 is 5.97 Å². The molecular formula is C11H12O5P2. The first-order valence-electron chi connectivity index (χ1n) is 5.23. The predicted molar refractivity (Wildman–Crippen MR) is 66.5 cm³/mol. The van der Waals surface area contributed by atoms with E-state index in [0.29, 0.717) is 12.0 Å². The minimum atomic E-state index is -0.504. The molecule has 0 aliphatic rings. The SMILES string of the molecule is O=PC(Cc1ccc(C(=O)OCCO)cc1)P=O. The molecular weight excluding hydrogens is 274 g/mol. The normalized spacial score (nSPS) is 12.5.